The Hall–Kier alpha value is -2.46. The maximum atomic E-state index is 13.9. The summed E-state index contributed by atoms with van der Waals surface area (Å²) < 4.78 is 47.3. The van der Waals surface area contributed by atoms with Crippen LogP contribution in [-0.4, -0.2) is 42.1 Å². The topological polar surface area (TPSA) is 93.5 Å². The minimum Gasteiger partial charge on any atom is -0.494 e. The monoisotopic (exact) mass is 382 g/mol. The Morgan fingerprint density at radius 2 is 2.12 bits per heavy atom. The summed E-state index contributed by atoms with van der Waals surface area (Å²) in [7, 11) is -2.53. The molecule has 0 radical (unpaired) electrons. The van der Waals surface area contributed by atoms with E-state index in [4.69, 9.17) is 4.74 Å². The number of nitrogens with one attached hydrogen (secondary N) is 1. The summed E-state index contributed by atoms with van der Waals surface area (Å²) in [6.07, 6.45) is 0. The van der Waals surface area contributed by atoms with Gasteiger partial charge in [-0.2, -0.15) is 9.40 Å². The molecular formula is C16H19FN4O4S. The average molecular weight is 382 g/mol. The van der Waals surface area contributed by atoms with Crippen molar-refractivity contribution in [2.45, 2.75) is 31.5 Å². The van der Waals surface area contributed by atoms with Crippen LogP contribution in [0.1, 0.15) is 18.3 Å². The molecular weight excluding hydrogens is 363 g/mol. The number of sulfonamides is 1. The van der Waals surface area contributed by atoms with Gasteiger partial charge in [-0.1, -0.05) is 0 Å². The zero-order valence-electron chi connectivity index (χ0n) is 14.4. The number of amides is 1. The van der Waals surface area contributed by atoms with E-state index in [1.165, 1.54) is 30.5 Å². The minimum absolute atomic E-state index is 0.0108. The number of ether oxygens (including phenoxy) is 1. The van der Waals surface area contributed by atoms with E-state index in [1.54, 1.807) is 10.7 Å². The second kappa shape index (κ2) is 7.04. The van der Waals surface area contributed by atoms with Crippen LogP contribution < -0.4 is 10.1 Å². The SMILES string of the molecule is COc1ccc(S(=O)(=O)N2CCn3nc(CNC(C)=O)cc3C2)cc1F. The molecule has 1 aromatic carbocycles. The van der Waals surface area contributed by atoms with Crippen LogP contribution in [0, 0.1) is 5.82 Å². The molecule has 0 atom stereocenters. The summed E-state index contributed by atoms with van der Waals surface area (Å²) in [6.45, 7) is 2.44. The molecule has 1 amide bonds. The molecule has 1 aliphatic rings. The summed E-state index contributed by atoms with van der Waals surface area (Å²) in [6, 6.07) is 5.34. The fourth-order valence-electron chi connectivity index (χ4n) is 2.77. The molecule has 8 nitrogen and oxygen atoms in total. The minimum atomic E-state index is -3.84. The van der Waals surface area contributed by atoms with E-state index in [9.17, 15) is 17.6 Å². The van der Waals surface area contributed by atoms with Crippen LogP contribution in [0.25, 0.3) is 0 Å². The molecule has 3 rings (SSSR count). The van der Waals surface area contributed by atoms with Gasteiger partial charge >= 0.3 is 0 Å². The van der Waals surface area contributed by atoms with E-state index < -0.39 is 15.8 Å². The first kappa shape index (κ1) is 18.3. The molecule has 0 spiro atoms. The average Bonchev–Trinajstić information content (AvgIpc) is 3.02. The number of hydrogen-bond donors (Lipinski definition) is 1. The highest BCUT2D eigenvalue weighted by atomic mass is 32.2. The Kier molecular flexibility index (Phi) is 4.97. The Morgan fingerprint density at radius 3 is 2.77 bits per heavy atom. The molecule has 0 fully saturated rings. The summed E-state index contributed by atoms with van der Waals surface area (Å²) in [4.78, 5) is 10.9. The second-order valence-electron chi connectivity index (χ2n) is 5.89. The van der Waals surface area contributed by atoms with Crippen LogP contribution in [-0.2, 0) is 34.5 Å². The summed E-state index contributed by atoms with van der Waals surface area (Å²) in [5.41, 5.74) is 1.37. The predicted octanol–water partition coefficient (Wildman–Crippen LogP) is 0.871. The molecule has 26 heavy (non-hydrogen) atoms. The Labute approximate surface area is 150 Å². The zero-order valence-corrected chi connectivity index (χ0v) is 15.2. The van der Waals surface area contributed by atoms with Crippen LogP contribution >= 0.6 is 0 Å². The number of nitrogens with zero attached hydrogens (tertiary/aromatic N) is 3. The highest BCUT2D eigenvalue weighted by Crippen LogP contribution is 2.25. The van der Waals surface area contributed by atoms with Gasteiger partial charge in [0.2, 0.25) is 15.9 Å². The van der Waals surface area contributed by atoms with Gasteiger partial charge in [0, 0.05) is 13.5 Å². The molecule has 0 unspecified atom stereocenters. The van der Waals surface area contributed by atoms with Crippen molar-refractivity contribution in [3.8, 4) is 5.75 Å². The molecule has 2 heterocycles. The highest BCUT2D eigenvalue weighted by Gasteiger charge is 2.30. The van der Waals surface area contributed by atoms with Gasteiger partial charge in [-0.05, 0) is 24.3 Å². The Morgan fingerprint density at radius 1 is 1.35 bits per heavy atom. The van der Waals surface area contributed by atoms with Gasteiger partial charge in [-0.3, -0.25) is 9.48 Å². The summed E-state index contributed by atoms with van der Waals surface area (Å²) in [5, 5.41) is 7.01. The second-order valence-corrected chi connectivity index (χ2v) is 7.83. The number of benzene rings is 1. The zero-order chi connectivity index (χ0) is 18.9. The van der Waals surface area contributed by atoms with Crippen molar-refractivity contribution in [2.24, 2.45) is 0 Å². The van der Waals surface area contributed by atoms with E-state index in [-0.39, 0.29) is 36.2 Å². The lowest BCUT2D eigenvalue weighted by molar-refractivity contribution is -0.119. The molecule has 0 aliphatic carbocycles. The molecule has 0 saturated carbocycles. The van der Waals surface area contributed by atoms with Gasteiger partial charge in [0.05, 0.1) is 43.0 Å². The van der Waals surface area contributed by atoms with E-state index in [2.05, 4.69) is 10.4 Å². The maximum absolute atomic E-state index is 13.9. The number of hydrogen-bond acceptors (Lipinski definition) is 5. The number of carbonyl (C=O) groups excluding carboxylic acids is 1. The molecule has 1 N–H and O–H groups in total. The van der Waals surface area contributed by atoms with Gasteiger partial charge < -0.3 is 10.1 Å². The number of rotatable bonds is 5. The van der Waals surface area contributed by atoms with Crippen LogP contribution in [0.2, 0.25) is 0 Å². The normalized spacial score (nSPS) is 14.7. The van der Waals surface area contributed by atoms with E-state index in [0.717, 1.165) is 6.07 Å². The van der Waals surface area contributed by atoms with Crippen molar-refractivity contribution in [1.29, 1.82) is 0 Å². The standard InChI is InChI=1S/C16H19FN4O4S/c1-11(22)18-9-12-7-13-10-20(5-6-21(13)19-12)26(23,24)14-3-4-16(25-2)15(17)8-14/h3-4,7-8H,5-6,9-10H2,1-2H3,(H,18,22). The first-order valence-corrected chi connectivity index (χ1v) is 9.39. The van der Waals surface area contributed by atoms with Crippen molar-refractivity contribution in [2.75, 3.05) is 13.7 Å². The highest BCUT2D eigenvalue weighted by molar-refractivity contribution is 7.89. The van der Waals surface area contributed by atoms with E-state index in [1.807, 2.05) is 0 Å². The largest absolute Gasteiger partial charge is 0.494 e. The first-order chi connectivity index (χ1) is 12.3. The van der Waals surface area contributed by atoms with Crippen LogP contribution in [0.5, 0.6) is 5.75 Å². The Bertz CT molecular complexity index is 942. The number of carbonyl (C=O) groups is 1. The lowest BCUT2D eigenvalue weighted by Gasteiger charge is -2.27. The fraction of sp³-hybridized carbons (Fsp3) is 0.375. The number of methoxy groups -OCH3 is 1. The molecule has 10 heteroatoms. The van der Waals surface area contributed by atoms with Crippen LogP contribution in [0.3, 0.4) is 0 Å². The van der Waals surface area contributed by atoms with Gasteiger partial charge in [-0.25, -0.2) is 12.8 Å². The van der Waals surface area contributed by atoms with Crippen molar-refractivity contribution in [3.05, 3.63) is 41.5 Å². The third-order valence-corrected chi connectivity index (χ3v) is 5.93. The molecule has 2 aromatic rings. The van der Waals surface area contributed by atoms with Gasteiger partial charge in [0.1, 0.15) is 0 Å². The number of aromatic nitrogens is 2. The number of halogens is 1. The van der Waals surface area contributed by atoms with E-state index >= 15 is 0 Å². The summed E-state index contributed by atoms with van der Waals surface area (Å²) >= 11 is 0. The molecule has 1 aliphatic heterocycles. The predicted molar refractivity (Wildman–Crippen MR) is 90.3 cm³/mol. The molecule has 0 saturated heterocycles. The van der Waals surface area contributed by atoms with Crippen molar-refractivity contribution >= 4 is 15.9 Å². The third kappa shape index (κ3) is 3.56. The molecule has 1 aromatic heterocycles. The Balaban J connectivity index is 1.81. The maximum Gasteiger partial charge on any atom is 0.243 e. The third-order valence-electron chi connectivity index (χ3n) is 4.09. The van der Waals surface area contributed by atoms with Crippen molar-refractivity contribution < 1.29 is 22.3 Å². The van der Waals surface area contributed by atoms with Gasteiger partial charge in [0.15, 0.2) is 11.6 Å². The van der Waals surface area contributed by atoms with Crippen molar-refractivity contribution in [1.82, 2.24) is 19.4 Å². The van der Waals surface area contributed by atoms with E-state index in [0.29, 0.717) is 17.9 Å². The quantitative estimate of drug-likeness (QED) is 0.828. The summed E-state index contributed by atoms with van der Waals surface area (Å²) in [5.74, 6) is -0.904. The molecule has 140 valence electrons. The molecule has 0 bridgehead atoms. The van der Waals surface area contributed by atoms with Crippen LogP contribution in [0.4, 0.5) is 4.39 Å². The van der Waals surface area contributed by atoms with Crippen LogP contribution in [0.15, 0.2) is 29.2 Å². The lowest BCUT2D eigenvalue weighted by atomic mass is 10.3. The smallest absolute Gasteiger partial charge is 0.243 e. The van der Waals surface area contributed by atoms with Gasteiger partial charge in [0.25, 0.3) is 0 Å². The number of fused-ring (bicyclic) bond motifs is 1. The van der Waals surface area contributed by atoms with Gasteiger partial charge in [-0.15, -0.1) is 0 Å². The van der Waals surface area contributed by atoms with Crippen molar-refractivity contribution in [3.63, 3.8) is 0 Å². The first-order valence-electron chi connectivity index (χ1n) is 7.95. The lowest BCUT2D eigenvalue weighted by Crippen LogP contribution is -2.38. The fourth-order valence-corrected chi connectivity index (χ4v) is 4.18.